The van der Waals surface area contributed by atoms with E-state index in [0.717, 1.165) is 17.7 Å². The molecule has 0 bridgehead atoms. The zero-order chi connectivity index (χ0) is 24.5. The molecule has 3 atom stereocenters. The van der Waals surface area contributed by atoms with Crippen molar-refractivity contribution in [2.45, 2.75) is 38.6 Å². The highest BCUT2D eigenvalue weighted by Gasteiger charge is 2.47. The molecule has 2 aliphatic heterocycles. The monoisotopic (exact) mass is 474 g/mol. The Bertz CT molecular complexity index is 1100. The van der Waals surface area contributed by atoms with Crippen LogP contribution in [0.15, 0.2) is 36.5 Å². The van der Waals surface area contributed by atoms with Gasteiger partial charge in [-0.05, 0) is 30.7 Å². The van der Waals surface area contributed by atoms with E-state index < -0.39 is 12.8 Å². The molecule has 3 unspecified atom stereocenters. The van der Waals surface area contributed by atoms with Crippen molar-refractivity contribution in [1.82, 2.24) is 10.3 Å². The first-order valence-corrected chi connectivity index (χ1v) is 10.9. The van der Waals surface area contributed by atoms with Gasteiger partial charge in [-0.15, -0.1) is 0 Å². The number of nitrogens with one attached hydrogen (secondary N) is 2. The van der Waals surface area contributed by atoms with Crippen LogP contribution >= 0.6 is 0 Å². The molecule has 0 saturated carbocycles. The van der Waals surface area contributed by atoms with Crippen molar-refractivity contribution in [1.29, 1.82) is 5.26 Å². The lowest BCUT2D eigenvalue weighted by Crippen LogP contribution is -2.51. The molecule has 1 aromatic heterocycles. The van der Waals surface area contributed by atoms with Crippen LogP contribution in [0.5, 0.6) is 5.88 Å². The summed E-state index contributed by atoms with van der Waals surface area (Å²) in [6, 6.07) is 10.3. The highest BCUT2D eigenvalue weighted by atomic mass is 19.4. The molecule has 10 heteroatoms. The molecule has 180 valence electrons. The molecule has 0 spiro atoms. The predicted molar refractivity (Wildman–Crippen MR) is 117 cm³/mol. The van der Waals surface area contributed by atoms with E-state index in [0.29, 0.717) is 18.7 Å². The van der Waals surface area contributed by atoms with Crippen LogP contribution in [-0.2, 0) is 4.74 Å². The summed E-state index contributed by atoms with van der Waals surface area (Å²) in [5.41, 5.74) is 2.36. The number of fused-ring (bicyclic) bond motifs is 3. The molecule has 4 rings (SSSR count). The molecular weight excluding hydrogens is 449 g/mol. The molecule has 1 aromatic carbocycles. The Morgan fingerprint density at radius 3 is 2.79 bits per heavy atom. The SMILES string of the molecule is CC(C)(CNC(=O)c1ccc(OCC(F)(F)F)nc1)C1Nc2ccc(C#N)cc2C2OCCC21. The normalized spacial score (nSPS) is 21.6. The van der Waals surface area contributed by atoms with Crippen molar-refractivity contribution in [3.05, 3.63) is 53.2 Å². The number of hydrogen-bond donors (Lipinski definition) is 2. The molecule has 3 heterocycles. The highest BCUT2D eigenvalue weighted by molar-refractivity contribution is 5.93. The number of alkyl halides is 3. The summed E-state index contributed by atoms with van der Waals surface area (Å²) in [6.45, 7) is 3.65. The maximum atomic E-state index is 12.7. The molecule has 1 fully saturated rings. The van der Waals surface area contributed by atoms with Crippen molar-refractivity contribution < 1.29 is 27.4 Å². The van der Waals surface area contributed by atoms with Crippen LogP contribution in [0.2, 0.25) is 0 Å². The van der Waals surface area contributed by atoms with Gasteiger partial charge in [-0.3, -0.25) is 4.79 Å². The second kappa shape index (κ2) is 9.14. The maximum Gasteiger partial charge on any atom is 0.422 e. The van der Waals surface area contributed by atoms with E-state index in [1.54, 1.807) is 6.07 Å². The van der Waals surface area contributed by atoms with Gasteiger partial charge in [-0.25, -0.2) is 4.98 Å². The number of ether oxygens (including phenoxy) is 2. The van der Waals surface area contributed by atoms with Gasteiger partial charge in [0.05, 0.1) is 23.3 Å². The number of halogens is 3. The Morgan fingerprint density at radius 1 is 1.32 bits per heavy atom. The van der Waals surface area contributed by atoms with E-state index in [9.17, 15) is 23.2 Å². The van der Waals surface area contributed by atoms with Crippen molar-refractivity contribution in [3.63, 3.8) is 0 Å². The van der Waals surface area contributed by atoms with Crippen LogP contribution in [0, 0.1) is 22.7 Å². The average Bonchev–Trinajstić information content (AvgIpc) is 3.30. The van der Waals surface area contributed by atoms with E-state index in [4.69, 9.17) is 4.74 Å². The number of rotatable bonds is 6. The first kappa shape index (κ1) is 23.8. The van der Waals surface area contributed by atoms with Crippen LogP contribution in [0.4, 0.5) is 18.9 Å². The predicted octanol–water partition coefficient (Wildman–Crippen LogP) is 4.22. The molecule has 2 N–H and O–H groups in total. The lowest BCUT2D eigenvalue weighted by Gasteiger charge is -2.45. The fraction of sp³-hybridized carbons (Fsp3) is 0.458. The van der Waals surface area contributed by atoms with Crippen LogP contribution in [0.25, 0.3) is 0 Å². The van der Waals surface area contributed by atoms with Gasteiger partial charge >= 0.3 is 6.18 Å². The third-order valence-electron chi connectivity index (χ3n) is 6.29. The molecule has 34 heavy (non-hydrogen) atoms. The molecular formula is C24H25F3N4O3. The van der Waals surface area contributed by atoms with Gasteiger partial charge in [-0.1, -0.05) is 13.8 Å². The topological polar surface area (TPSA) is 96.3 Å². The van der Waals surface area contributed by atoms with E-state index in [2.05, 4.69) is 40.3 Å². The van der Waals surface area contributed by atoms with E-state index in [1.165, 1.54) is 18.3 Å². The lowest BCUT2D eigenvalue weighted by atomic mass is 9.71. The standard InChI is InChI=1S/C24H25F3N4O3/c1-23(2,12-30-22(32)15-4-6-19(29-11-15)34-13-24(25,26)27)21-16-7-8-33-20(16)17-9-14(10-28)3-5-18(17)31-21/h3-6,9,11,16,20-21,31H,7-8,12-13H2,1-2H3,(H,30,32). The average molecular weight is 474 g/mol. The van der Waals surface area contributed by atoms with Gasteiger partial charge in [0.15, 0.2) is 6.61 Å². The summed E-state index contributed by atoms with van der Waals surface area (Å²) in [4.78, 5) is 16.4. The van der Waals surface area contributed by atoms with Gasteiger partial charge in [0.25, 0.3) is 5.91 Å². The van der Waals surface area contributed by atoms with Gasteiger partial charge in [0.1, 0.15) is 0 Å². The van der Waals surface area contributed by atoms with Gasteiger partial charge < -0.3 is 20.1 Å². The van der Waals surface area contributed by atoms with Crippen molar-refractivity contribution in [2.24, 2.45) is 11.3 Å². The summed E-state index contributed by atoms with van der Waals surface area (Å²) in [5, 5.41) is 15.7. The number of pyridine rings is 1. The van der Waals surface area contributed by atoms with E-state index in [-0.39, 0.29) is 40.8 Å². The number of amides is 1. The summed E-state index contributed by atoms with van der Waals surface area (Å²) in [5.74, 6) is -0.400. The van der Waals surface area contributed by atoms with Crippen LogP contribution in [-0.4, -0.2) is 42.9 Å². The zero-order valence-electron chi connectivity index (χ0n) is 18.8. The number of carbonyl (C=O) groups excluding carboxylic acids is 1. The van der Waals surface area contributed by atoms with Crippen molar-refractivity contribution in [3.8, 4) is 11.9 Å². The molecule has 2 aromatic rings. The number of nitrogens with zero attached hydrogens (tertiary/aromatic N) is 2. The Labute approximate surface area is 195 Å². The van der Waals surface area contributed by atoms with Crippen molar-refractivity contribution >= 4 is 11.6 Å². The van der Waals surface area contributed by atoms with Crippen LogP contribution in [0.1, 0.15) is 47.9 Å². The smallest absolute Gasteiger partial charge is 0.422 e. The first-order valence-electron chi connectivity index (χ1n) is 10.9. The van der Waals surface area contributed by atoms with Crippen molar-refractivity contribution in [2.75, 3.05) is 25.1 Å². The Hall–Kier alpha value is -3.32. The molecule has 1 amide bonds. The first-order chi connectivity index (χ1) is 16.1. The summed E-state index contributed by atoms with van der Waals surface area (Å²) in [6.07, 6.45) is -2.52. The minimum atomic E-state index is -4.46. The zero-order valence-corrected chi connectivity index (χ0v) is 18.8. The Balaban J connectivity index is 1.42. The number of benzene rings is 1. The lowest BCUT2D eigenvalue weighted by molar-refractivity contribution is -0.154. The summed E-state index contributed by atoms with van der Waals surface area (Å²) >= 11 is 0. The molecule has 0 aliphatic carbocycles. The molecule has 1 saturated heterocycles. The van der Waals surface area contributed by atoms with Gasteiger partial charge in [0, 0.05) is 54.0 Å². The van der Waals surface area contributed by atoms with Crippen LogP contribution < -0.4 is 15.4 Å². The van der Waals surface area contributed by atoms with Gasteiger partial charge in [-0.2, -0.15) is 18.4 Å². The van der Waals surface area contributed by atoms with E-state index in [1.807, 2.05) is 12.1 Å². The third kappa shape index (κ3) is 5.09. The minimum Gasteiger partial charge on any atom is -0.468 e. The number of aromatic nitrogens is 1. The van der Waals surface area contributed by atoms with Crippen LogP contribution in [0.3, 0.4) is 0 Å². The van der Waals surface area contributed by atoms with Gasteiger partial charge in [0.2, 0.25) is 5.88 Å². The molecule has 7 nitrogen and oxygen atoms in total. The molecule has 2 aliphatic rings. The molecule has 0 radical (unpaired) electrons. The third-order valence-corrected chi connectivity index (χ3v) is 6.29. The minimum absolute atomic E-state index is 0.0111. The number of hydrogen-bond acceptors (Lipinski definition) is 6. The number of anilines is 1. The fourth-order valence-electron chi connectivity index (χ4n) is 4.59. The Kier molecular flexibility index (Phi) is 6.41. The number of carbonyl (C=O) groups is 1. The summed E-state index contributed by atoms with van der Waals surface area (Å²) < 4.78 is 47.4. The number of nitriles is 1. The second-order valence-electron chi connectivity index (χ2n) is 9.24. The largest absolute Gasteiger partial charge is 0.468 e. The van der Waals surface area contributed by atoms with E-state index >= 15 is 0 Å². The highest BCUT2D eigenvalue weighted by Crippen LogP contribution is 2.48. The fourth-order valence-corrected chi connectivity index (χ4v) is 4.59. The quantitative estimate of drug-likeness (QED) is 0.651. The Morgan fingerprint density at radius 2 is 2.12 bits per heavy atom. The maximum absolute atomic E-state index is 12.7. The second-order valence-corrected chi connectivity index (χ2v) is 9.24. The summed E-state index contributed by atoms with van der Waals surface area (Å²) in [7, 11) is 0.